The van der Waals surface area contributed by atoms with Gasteiger partial charge in [-0.25, -0.2) is 0 Å². The predicted molar refractivity (Wildman–Crippen MR) is 62.3 cm³/mol. The molecule has 0 heterocycles. The molecule has 0 heteroatoms. The summed E-state index contributed by atoms with van der Waals surface area (Å²) in [7, 11) is 0. The highest BCUT2D eigenvalue weighted by Crippen LogP contribution is 2.19. The SMILES string of the molecule is Cc1cccc2c1=CC=CC(C)(C)C=2. The van der Waals surface area contributed by atoms with E-state index >= 15 is 0 Å². The van der Waals surface area contributed by atoms with Crippen LogP contribution in [-0.2, 0) is 0 Å². The number of aryl methyl sites for hydroxylation is 1. The van der Waals surface area contributed by atoms with Gasteiger partial charge < -0.3 is 0 Å². The molecule has 14 heavy (non-hydrogen) atoms. The highest BCUT2D eigenvalue weighted by molar-refractivity contribution is 5.49. The molecule has 0 N–H and O–H groups in total. The zero-order valence-corrected chi connectivity index (χ0v) is 9.04. The first kappa shape index (κ1) is 9.26. The van der Waals surface area contributed by atoms with E-state index in [9.17, 15) is 0 Å². The molecule has 0 atom stereocenters. The second-order valence-corrected chi connectivity index (χ2v) is 4.57. The van der Waals surface area contributed by atoms with Gasteiger partial charge in [0.05, 0.1) is 0 Å². The van der Waals surface area contributed by atoms with Crippen molar-refractivity contribution in [1.82, 2.24) is 0 Å². The van der Waals surface area contributed by atoms with Crippen LogP contribution in [0.5, 0.6) is 0 Å². The van der Waals surface area contributed by atoms with Crippen molar-refractivity contribution in [3.05, 3.63) is 46.4 Å². The van der Waals surface area contributed by atoms with Gasteiger partial charge in [-0.2, -0.15) is 0 Å². The van der Waals surface area contributed by atoms with Gasteiger partial charge in [-0.1, -0.05) is 56.4 Å². The number of rotatable bonds is 0. The smallest absolute Gasteiger partial charge is 0.00167 e. The Morgan fingerprint density at radius 2 is 1.93 bits per heavy atom. The Labute approximate surface area is 85.3 Å². The van der Waals surface area contributed by atoms with Crippen molar-refractivity contribution in [2.24, 2.45) is 5.41 Å². The second-order valence-electron chi connectivity index (χ2n) is 4.57. The molecule has 0 aromatic heterocycles. The fourth-order valence-electron chi connectivity index (χ4n) is 1.90. The van der Waals surface area contributed by atoms with Crippen molar-refractivity contribution < 1.29 is 0 Å². The van der Waals surface area contributed by atoms with Crippen LogP contribution in [0.4, 0.5) is 0 Å². The number of hydrogen-bond acceptors (Lipinski definition) is 0. The van der Waals surface area contributed by atoms with Crippen LogP contribution < -0.4 is 10.4 Å². The molecule has 0 aliphatic heterocycles. The molecule has 0 radical (unpaired) electrons. The van der Waals surface area contributed by atoms with Crippen LogP contribution in [0.1, 0.15) is 19.4 Å². The van der Waals surface area contributed by atoms with Crippen molar-refractivity contribution in [2.75, 3.05) is 0 Å². The molecule has 2 rings (SSSR count). The van der Waals surface area contributed by atoms with E-state index < -0.39 is 0 Å². The highest BCUT2D eigenvalue weighted by atomic mass is 14.1. The molecule has 0 spiro atoms. The maximum absolute atomic E-state index is 2.33. The van der Waals surface area contributed by atoms with Gasteiger partial charge in [-0.15, -0.1) is 0 Å². The normalized spacial score (nSPS) is 17.6. The summed E-state index contributed by atoms with van der Waals surface area (Å²) in [5.74, 6) is 0. The maximum atomic E-state index is 2.33. The van der Waals surface area contributed by atoms with E-state index in [1.165, 1.54) is 16.0 Å². The minimum Gasteiger partial charge on any atom is -0.0750 e. The van der Waals surface area contributed by atoms with Gasteiger partial charge in [0.15, 0.2) is 0 Å². The zero-order valence-electron chi connectivity index (χ0n) is 9.04. The zero-order chi connectivity index (χ0) is 10.2. The van der Waals surface area contributed by atoms with Gasteiger partial charge in [0.1, 0.15) is 0 Å². The standard InChI is InChI=1S/C14H16/c1-11-6-4-7-12-10-14(2,3)9-5-8-13(11)12/h4-10H,1-3H3. The van der Waals surface area contributed by atoms with Crippen LogP contribution in [0.3, 0.4) is 0 Å². The minimum absolute atomic E-state index is 0.162. The van der Waals surface area contributed by atoms with Gasteiger partial charge in [0.2, 0.25) is 0 Å². The summed E-state index contributed by atoms with van der Waals surface area (Å²) >= 11 is 0. The lowest BCUT2D eigenvalue weighted by molar-refractivity contribution is 0.670. The topological polar surface area (TPSA) is 0 Å². The molecule has 0 bridgehead atoms. The summed E-state index contributed by atoms with van der Waals surface area (Å²) in [4.78, 5) is 0. The van der Waals surface area contributed by atoms with Crippen LogP contribution in [-0.4, -0.2) is 0 Å². The Balaban J connectivity index is 2.83. The Kier molecular flexibility index (Phi) is 2.07. The molecule has 1 aromatic carbocycles. The average Bonchev–Trinajstić information content (AvgIpc) is 2.23. The molecular weight excluding hydrogens is 168 g/mol. The van der Waals surface area contributed by atoms with E-state index in [2.05, 4.69) is 63.3 Å². The third-order valence-corrected chi connectivity index (χ3v) is 2.67. The van der Waals surface area contributed by atoms with Gasteiger partial charge >= 0.3 is 0 Å². The number of allylic oxidation sites excluding steroid dienone is 2. The summed E-state index contributed by atoms with van der Waals surface area (Å²) in [5.41, 5.74) is 1.51. The molecule has 0 amide bonds. The van der Waals surface area contributed by atoms with Crippen molar-refractivity contribution in [1.29, 1.82) is 0 Å². The molecule has 0 saturated carbocycles. The third kappa shape index (κ3) is 1.65. The third-order valence-electron chi connectivity index (χ3n) is 2.67. The van der Waals surface area contributed by atoms with Crippen LogP contribution in [0, 0.1) is 12.3 Å². The number of benzene rings is 1. The van der Waals surface area contributed by atoms with Crippen LogP contribution in [0.2, 0.25) is 0 Å². The summed E-state index contributed by atoms with van der Waals surface area (Å²) in [5, 5.41) is 2.70. The molecule has 1 aliphatic carbocycles. The molecule has 72 valence electrons. The highest BCUT2D eigenvalue weighted by Gasteiger charge is 2.10. The van der Waals surface area contributed by atoms with Crippen molar-refractivity contribution in [3.63, 3.8) is 0 Å². The predicted octanol–water partition coefficient (Wildman–Crippen LogP) is 2.15. The van der Waals surface area contributed by atoms with Crippen LogP contribution >= 0.6 is 0 Å². The number of fused-ring (bicyclic) bond motifs is 1. The van der Waals surface area contributed by atoms with Crippen LogP contribution in [0.15, 0.2) is 30.4 Å². The van der Waals surface area contributed by atoms with E-state index in [1.54, 1.807) is 0 Å². The van der Waals surface area contributed by atoms with Crippen LogP contribution in [0.25, 0.3) is 12.2 Å². The monoisotopic (exact) mass is 184 g/mol. The van der Waals surface area contributed by atoms with Gasteiger partial charge in [0.25, 0.3) is 0 Å². The quantitative estimate of drug-likeness (QED) is 0.579. The summed E-state index contributed by atoms with van der Waals surface area (Å²) in [6.45, 7) is 6.62. The first-order valence-corrected chi connectivity index (χ1v) is 5.07. The molecule has 1 aliphatic rings. The van der Waals surface area contributed by atoms with Crippen molar-refractivity contribution in [2.45, 2.75) is 20.8 Å². The lowest BCUT2D eigenvalue weighted by Gasteiger charge is -2.12. The van der Waals surface area contributed by atoms with Gasteiger partial charge in [0, 0.05) is 5.41 Å². The lowest BCUT2D eigenvalue weighted by Crippen LogP contribution is -2.27. The van der Waals surface area contributed by atoms with E-state index in [1.807, 2.05) is 0 Å². The van der Waals surface area contributed by atoms with Gasteiger partial charge in [-0.3, -0.25) is 0 Å². The van der Waals surface area contributed by atoms with E-state index in [-0.39, 0.29) is 5.41 Å². The fourth-order valence-corrected chi connectivity index (χ4v) is 1.90. The van der Waals surface area contributed by atoms with Crippen molar-refractivity contribution >= 4 is 12.2 Å². The molecule has 1 aromatic rings. The Morgan fingerprint density at radius 1 is 1.14 bits per heavy atom. The maximum Gasteiger partial charge on any atom is 0.00167 e. The molecular formula is C14H16. The molecule has 0 saturated heterocycles. The van der Waals surface area contributed by atoms with E-state index in [0.717, 1.165) is 0 Å². The first-order chi connectivity index (χ1) is 6.58. The molecule has 0 fully saturated rings. The average molecular weight is 184 g/mol. The lowest BCUT2D eigenvalue weighted by atomic mass is 9.92. The minimum atomic E-state index is 0.162. The second kappa shape index (κ2) is 3.13. The molecule has 0 unspecified atom stereocenters. The summed E-state index contributed by atoms with van der Waals surface area (Å²) < 4.78 is 0. The molecule has 0 nitrogen and oxygen atoms in total. The summed E-state index contributed by atoms with van der Waals surface area (Å²) in [6, 6.07) is 6.48. The number of hydrogen-bond donors (Lipinski definition) is 0. The fraction of sp³-hybridized carbons (Fsp3) is 0.286. The first-order valence-electron chi connectivity index (χ1n) is 5.07. The Morgan fingerprint density at radius 3 is 2.71 bits per heavy atom. The van der Waals surface area contributed by atoms with Gasteiger partial charge in [-0.05, 0) is 22.9 Å². The summed E-state index contributed by atoms with van der Waals surface area (Å²) in [6.07, 6.45) is 8.94. The van der Waals surface area contributed by atoms with Crippen molar-refractivity contribution in [3.8, 4) is 0 Å². The largest absolute Gasteiger partial charge is 0.0750 e. The van der Waals surface area contributed by atoms with E-state index in [0.29, 0.717) is 0 Å². The van der Waals surface area contributed by atoms with E-state index in [4.69, 9.17) is 0 Å². The Hall–Kier alpha value is -1.30. The Bertz CT molecular complexity index is 487.